The molecule has 0 radical (unpaired) electrons. The maximum absolute atomic E-state index is 12.2. The van der Waals surface area contributed by atoms with Gasteiger partial charge in [0.15, 0.2) is 0 Å². The Morgan fingerprint density at radius 1 is 0.853 bits per heavy atom. The highest BCUT2D eigenvalue weighted by Crippen LogP contribution is 2.30. The van der Waals surface area contributed by atoms with Crippen molar-refractivity contribution in [3.63, 3.8) is 0 Å². The number of unbranched alkanes of at least 4 members (excludes halogenated alkanes) is 2. The topological polar surface area (TPSA) is 47.4 Å². The largest absolute Gasteiger partial charge is 0.494 e. The van der Waals surface area contributed by atoms with Crippen molar-refractivity contribution in [2.24, 2.45) is 0 Å². The summed E-state index contributed by atoms with van der Waals surface area (Å²) in [4.78, 5) is 19.1. The van der Waals surface area contributed by atoms with E-state index in [2.05, 4.69) is 34.9 Å². The van der Waals surface area contributed by atoms with E-state index in [9.17, 15) is 4.79 Å². The van der Waals surface area contributed by atoms with E-state index in [-0.39, 0.29) is 0 Å². The first kappa shape index (κ1) is 22.2. The molecule has 5 heteroatoms. The highest BCUT2D eigenvalue weighted by Gasteiger charge is 2.17. The van der Waals surface area contributed by atoms with E-state index in [1.165, 1.54) is 0 Å². The van der Waals surface area contributed by atoms with Gasteiger partial charge in [0.2, 0.25) is 5.91 Å². The molecule has 4 aromatic rings. The van der Waals surface area contributed by atoms with E-state index >= 15 is 0 Å². The van der Waals surface area contributed by atoms with E-state index in [4.69, 9.17) is 9.72 Å². The molecular weight excluding hydrogens is 422 g/mol. The number of imidazole rings is 1. The maximum Gasteiger partial charge on any atom is 0.222 e. The molecule has 1 fully saturated rings. The Morgan fingerprint density at radius 3 is 2.35 bits per heavy atom. The van der Waals surface area contributed by atoms with Crippen LogP contribution in [0, 0.1) is 0 Å². The highest BCUT2D eigenvalue weighted by atomic mass is 16.5. The lowest BCUT2D eigenvalue weighted by atomic mass is 10.2. The third-order valence-corrected chi connectivity index (χ3v) is 6.43. The molecule has 0 bridgehead atoms. The van der Waals surface area contributed by atoms with Gasteiger partial charge < -0.3 is 9.64 Å². The number of hydrogen-bond donors (Lipinski definition) is 0. The molecule has 1 aliphatic rings. The minimum Gasteiger partial charge on any atom is -0.494 e. The molecule has 0 spiro atoms. The predicted molar refractivity (Wildman–Crippen MR) is 136 cm³/mol. The van der Waals surface area contributed by atoms with Crippen molar-refractivity contribution < 1.29 is 9.53 Å². The zero-order valence-corrected chi connectivity index (χ0v) is 19.5. The number of benzene rings is 3. The van der Waals surface area contributed by atoms with Crippen molar-refractivity contribution in [2.75, 3.05) is 19.7 Å². The van der Waals surface area contributed by atoms with Crippen molar-refractivity contribution in [3.05, 3.63) is 78.9 Å². The van der Waals surface area contributed by atoms with Crippen LogP contribution in [0.5, 0.6) is 5.75 Å². The van der Waals surface area contributed by atoms with Crippen molar-refractivity contribution in [3.8, 4) is 22.8 Å². The Morgan fingerprint density at radius 2 is 1.59 bits per heavy atom. The number of aromatic nitrogens is 2. The molecule has 174 valence electrons. The summed E-state index contributed by atoms with van der Waals surface area (Å²) in [5.41, 5.74) is 4.12. The quantitative estimate of drug-likeness (QED) is 0.281. The Hall–Kier alpha value is -3.60. The second-order valence-electron chi connectivity index (χ2n) is 8.87. The molecule has 3 aromatic carbocycles. The fraction of sp³-hybridized carbons (Fsp3) is 0.310. The lowest BCUT2D eigenvalue weighted by Crippen LogP contribution is -2.27. The first-order chi connectivity index (χ1) is 16.8. The van der Waals surface area contributed by atoms with Crippen LogP contribution in [0.1, 0.15) is 38.5 Å². The van der Waals surface area contributed by atoms with Crippen LogP contribution in [0.3, 0.4) is 0 Å². The van der Waals surface area contributed by atoms with Gasteiger partial charge in [-0.25, -0.2) is 4.98 Å². The number of rotatable bonds is 9. The van der Waals surface area contributed by atoms with Crippen LogP contribution in [0.25, 0.3) is 28.1 Å². The van der Waals surface area contributed by atoms with E-state index in [1.807, 2.05) is 53.4 Å². The summed E-state index contributed by atoms with van der Waals surface area (Å²) in [6.45, 7) is 2.53. The van der Waals surface area contributed by atoms with Crippen LogP contribution in [-0.2, 0) is 4.79 Å². The number of likely N-dealkylation sites (tertiary alicyclic amines) is 1. The number of hydrogen-bond acceptors (Lipinski definition) is 3. The summed E-state index contributed by atoms with van der Waals surface area (Å²) in [5, 5.41) is 0. The molecule has 0 N–H and O–H groups in total. The molecule has 1 aliphatic heterocycles. The molecule has 1 saturated heterocycles. The molecule has 2 heterocycles. The van der Waals surface area contributed by atoms with Gasteiger partial charge in [-0.3, -0.25) is 9.36 Å². The second-order valence-corrected chi connectivity index (χ2v) is 8.87. The van der Waals surface area contributed by atoms with Crippen LogP contribution >= 0.6 is 0 Å². The summed E-state index contributed by atoms with van der Waals surface area (Å²) in [6.07, 6.45) is 5.84. The normalized spacial score (nSPS) is 13.5. The summed E-state index contributed by atoms with van der Waals surface area (Å²) in [5.74, 6) is 2.08. The van der Waals surface area contributed by atoms with Crippen molar-refractivity contribution in [1.82, 2.24) is 14.5 Å². The standard InChI is InChI=1S/C29H31N3O2/c33-28(31-19-9-10-20-31)16-8-3-11-21-34-25-17-18-26-27(22-25)32(24-14-6-2-7-15-24)29(30-26)23-12-4-1-5-13-23/h1-2,4-7,12-15,17-18,22H,3,8-11,16,19-21H2. The third-order valence-electron chi connectivity index (χ3n) is 6.43. The van der Waals surface area contributed by atoms with Gasteiger partial charge in [-0.15, -0.1) is 0 Å². The Kier molecular flexibility index (Phi) is 6.89. The SMILES string of the molecule is O=C(CCCCCOc1ccc2nc(-c3ccccc3)n(-c3ccccc3)c2c1)N1CCCC1. The van der Waals surface area contributed by atoms with Crippen molar-refractivity contribution >= 4 is 16.9 Å². The van der Waals surface area contributed by atoms with Gasteiger partial charge in [0, 0.05) is 36.8 Å². The predicted octanol–water partition coefficient (Wildman–Crippen LogP) is 6.25. The number of para-hydroxylation sites is 1. The summed E-state index contributed by atoms with van der Waals surface area (Å²) >= 11 is 0. The average Bonchev–Trinajstić information content (AvgIpc) is 3.55. The number of nitrogens with zero attached hydrogens (tertiary/aromatic N) is 3. The minimum atomic E-state index is 0.312. The van der Waals surface area contributed by atoms with Crippen LogP contribution in [0.15, 0.2) is 78.9 Å². The molecule has 0 unspecified atom stereocenters. The zero-order valence-electron chi connectivity index (χ0n) is 19.5. The molecule has 1 amide bonds. The molecule has 0 atom stereocenters. The van der Waals surface area contributed by atoms with Crippen LogP contribution in [0.4, 0.5) is 0 Å². The summed E-state index contributed by atoms with van der Waals surface area (Å²) in [7, 11) is 0. The Labute approximate surface area is 201 Å². The van der Waals surface area contributed by atoms with Gasteiger partial charge in [0.25, 0.3) is 0 Å². The van der Waals surface area contributed by atoms with Gasteiger partial charge >= 0.3 is 0 Å². The number of fused-ring (bicyclic) bond motifs is 1. The van der Waals surface area contributed by atoms with Crippen LogP contribution in [-0.4, -0.2) is 40.1 Å². The van der Waals surface area contributed by atoms with Gasteiger partial charge in [-0.2, -0.15) is 0 Å². The van der Waals surface area contributed by atoms with E-state index < -0.39 is 0 Å². The minimum absolute atomic E-state index is 0.312. The summed E-state index contributed by atoms with van der Waals surface area (Å²) in [6, 6.07) is 26.7. The number of amides is 1. The molecule has 0 aliphatic carbocycles. The third kappa shape index (κ3) is 4.98. The number of carbonyl (C=O) groups excluding carboxylic acids is 1. The lowest BCUT2D eigenvalue weighted by Gasteiger charge is -2.14. The van der Waals surface area contributed by atoms with Crippen molar-refractivity contribution in [2.45, 2.75) is 38.5 Å². The van der Waals surface area contributed by atoms with Crippen LogP contribution in [0.2, 0.25) is 0 Å². The molecule has 5 nitrogen and oxygen atoms in total. The second kappa shape index (κ2) is 10.6. The fourth-order valence-corrected chi connectivity index (χ4v) is 4.63. The van der Waals surface area contributed by atoms with E-state index in [0.29, 0.717) is 18.9 Å². The van der Waals surface area contributed by atoms with Gasteiger partial charge in [0.1, 0.15) is 11.6 Å². The van der Waals surface area contributed by atoms with Gasteiger partial charge in [-0.1, -0.05) is 48.5 Å². The molecule has 1 aromatic heterocycles. The first-order valence-corrected chi connectivity index (χ1v) is 12.3. The zero-order chi connectivity index (χ0) is 23.2. The number of carbonyl (C=O) groups is 1. The molecule has 0 saturated carbocycles. The molecule has 5 rings (SSSR count). The monoisotopic (exact) mass is 453 g/mol. The molecule has 34 heavy (non-hydrogen) atoms. The highest BCUT2D eigenvalue weighted by molar-refractivity contribution is 5.84. The first-order valence-electron chi connectivity index (χ1n) is 12.3. The van der Waals surface area contributed by atoms with E-state index in [0.717, 1.165) is 79.1 Å². The summed E-state index contributed by atoms with van der Waals surface area (Å²) < 4.78 is 8.29. The molecular formula is C29H31N3O2. The fourth-order valence-electron chi connectivity index (χ4n) is 4.63. The van der Waals surface area contributed by atoms with E-state index in [1.54, 1.807) is 0 Å². The maximum atomic E-state index is 12.2. The van der Waals surface area contributed by atoms with Crippen molar-refractivity contribution in [1.29, 1.82) is 0 Å². The average molecular weight is 454 g/mol. The Bertz CT molecular complexity index is 1230. The van der Waals surface area contributed by atoms with Gasteiger partial charge in [-0.05, 0) is 56.4 Å². The number of ether oxygens (including phenoxy) is 1. The lowest BCUT2D eigenvalue weighted by molar-refractivity contribution is -0.130. The smallest absolute Gasteiger partial charge is 0.222 e. The van der Waals surface area contributed by atoms with Crippen LogP contribution < -0.4 is 4.74 Å². The van der Waals surface area contributed by atoms with Gasteiger partial charge in [0.05, 0.1) is 17.6 Å². The Balaban J connectivity index is 1.27.